The second-order valence-electron chi connectivity index (χ2n) is 11.8. The fourth-order valence-corrected chi connectivity index (χ4v) is 8.79. The number of piperazine rings is 1. The molecule has 0 bridgehead atoms. The fraction of sp³-hybridized carbons (Fsp3) is 0.344. The molecule has 10 nitrogen and oxygen atoms in total. The maximum Gasteiger partial charge on any atom is 0.251 e. The zero-order valence-electron chi connectivity index (χ0n) is 25.6. The molecule has 3 amide bonds. The predicted octanol–water partition coefficient (Wildman–Crippen LogP) is 4.23. The Bertz CT molecular complexity index is 1790. The van der Waals surface area contributed by atoms with Crippen LogP contribution in [0.4, 0.5) is 5.69 Å². The SMILES string of the molecule is CC(C)N1CC2(S(=O)(=O)c3ccc(Cl)cc3Cl)NCC(NC(=O)c3ccc(N(C)C)cc3)C(=O)N2C(Cc2cccc(Cl)c2)C1=O. The van der Waals surface area contributed by atoms with E-state index in [2.05, 4.69) is 10.6 Å². The third kappa shape index (κ3) is 6.18. The van der Waals surface area contributed by atoms with Gasteiger partial charge in [0.2, 0.25) is 26.6 Å². The number of fused-ring (bicyclic) bond motifs is 1. The molecule has 5 rings (SSSR count). The summed E-state index contributed by atoms with van der Waals surface area (Å²) in [6.07, 6.45) is -0.0334. The maximum absolute atomic E-state index is 14.8. The first-order valence-corrected chi connectivity index (χ1v) is 17.2. The smallest absolute Gasteiger partial charge is 0.251 e. The molecule has 2 N–H and O–H groups in total. The minimum Gasteiger partial charge on any atom is -0.378 e. The molecule has 0 spiro atoms. The van der Waals surface area contributed by atoms with Crippen LogP contribution in [0.5, 0.6) is 0 Å². The van der Waals surface area contributed by atoms with Crippen LogP contribution in [0.2, 0.25) is 15.1 Å². The second-order valence-corrected chi connectivity index (χ2v) is 15.2. The minimum atomic E-state index is -4.54. The van der Waals surface area contributed by atoms with Crippen molar-refractivity contribution in [3.8, 4) is 0 Å². The van der Waals surface area contributed by atoms with Gasteiger partial charge in [-0.1, -0.05) is 46.9 Å². The van der Waals surface area contributed by atoms with E-state index in [-0.39, 0.29) is 34.5 Å². The number of sulfone groups is 1. The molecule has 3 atom stereocenters. The minimum absolute atomic E-state index is 0.0334. The average molecular weight is 707 g/mol. The first-order chi connectivity index (χ1) is 21.7. The Morgan fingerprint density at radius 2 is 1.67 bits per heavy atom. The van der Waals surface area contributed by atoms with Gasteiger partial charge in [-0.2, -0.15) is 0 Å². The van der Waals surface area contributed by atoms with Crippen molar-refractivity contribution in [2.24, 2.45) is 0 Å². The first-order valence-electron chi connectivity index (χ1n) is 14.6. The molecule has 2 saturated heterocycles. The molecule has 0 aromatic heterocycles. The van der Waals surface area contributed by atoms with Gasteiger partial charge < -0.3 is 15.1 Å². The van der Waals surface area contributed by atoms with E-state index in [0.717, 1.165) is 10.6 Å². The Hall–Kier alpha value is -3.35. The van der Waals surface area contributed by atoms with E-state index in [1.807, 2.05) is 19.0 Å². The van der Waals surface area contributed by atoms with Crippen molar-refractivity contribution in [3.63, 3.8) is 0 Å². The Morgan fingerprint density at radius 1 is 1.00 bits per heavy atom. The summed E-state index contributed by atoms with van der Waals surface area (Å²) in [7, 11) is -0.790. The molecule has 2 heterocycles. The molecular weight excluding hydrogens is 673 g/mol. The number of halogens is 3. The van der Waals surface area contributed by atoms with Gasteiger partial charge in [-0.3, -0.25) is 24.6 Å². The molecular formula is C32H34Cl3N5O5S. The second kappa shape index (κ2) is 13.0. The normalized spacial score (nSPS) is 21.7. The first kappa shape index (κ1) is 34.0. The van der Waals surface area contributed by atoms with Crippen LogP contribution in [-0.4, -0.2) is 86.2 Å². The van der Waals surface area contributed by atoms with Gasteiger partial charge >= 0.3 is 0 Å². The van der Waals surface area contributed by atoms with Crippen LogP contribution in [0.25, 0.3) is 0 Å². The molecule has 46 heavy (non-hydrogen) atoms. The number of rotatable bonds is 8. The van der Waals surface area contributed by atoms with Crippen molar-refractivity contribution in [1.29, 1.82) is 0 Å². The Labute approximate surface area is 283 Å². The molecule has 2 aliphatic heterocycles. The summed E-state index contributed by atoms with van der Waals surface area (Å²) in [5.41, 5.74) is 1.81. The van der Waals surface area contributed by atoms with Gasteiger partial charge in [0, 0.05) is 54.4 Å². The molecule has 3 aromatic carbocycles. The van der Waals surface area contributed by atoms with Gasteiger partial charge in [0.05, 0.1) is 16.5 Å². The van der Waals surface area contributed by atoms with Crippen molar-refractivity contribution < 1.29 is 22.8 Å². The summed E-state index contributed by atoms with van der Waals surface area (Å²) < 4.78 is 29.5. The van der Waals surface area contributed by atoms with Gasteiger partial charge in [0.15, 0.2) is 0 Å². The summed E-state index contributed by atoms with van der Waals surface area (Å²) in [4.78, 5) is 44.0. The lowest BCUT2D eigenvalue weighted by molar-refractivity contribution is -0.166. The number of carbonyl (C=O) groups excluding carboxylic acids is 3. The number of hydrogen-bond donors (Lipinski definition) is 2. The molecule has 3 aromatic rings. The van der Waals surface area contributed by atoms with Crippen LogP contribution in [0.1, 0.15) is 29.8 Å². The Kier molecular flexibility index (Phi) is 9.64. The van der Waals surface area contributed by atoms with Crippen molar-refractivity contribution >= 4 is 68.0 Å². The zero-order valence-corrected chi connectivity index (χ0v) is 28.7. The summed E-state index contributed by atoms with van der Waals surface area (Å²) in [6.45, 7) is 2.93. The van der Waals surface area contributed by atoms with Gasteiger partial charge in [0.1, 0.15) is 12.1 Å². The number of carbonyl (C=O) groups is 3. The van der Waals surface area contributed by atoms with Gasteiger partial charge in [0.25, 0.3) is 5.91 Å². The highest BCUT2D eigenvalue weighted by molar-refractivity contribution is 7.93. The van der Waals surface area contributed by atoms with E-state index in [1.165, 1.54) is 23.1 Å². The molecule has 2 aliphatic rings. The largest absolute Gasteiger partial charge is 0.378 e. The van der Waals surface area contributed by atoms with Crippen molar-refractivity contribution in [2.45, 2.75) is 48.3 Å². The van der Waals surface area contributed by atoms with Crippen molar-refractivity contribution in [1.82, 2.24) is 20.4 Å². The number of amides is 3. The number of anilines is 1. The standard InChI is InChI=1S/C32H34Cl3N5O5S/c1-19(2)39-18-32(46(44,45)28-13-10-23(34)16-25(28)35)36-17-26(37-29(41)21-8-11-24(12-9-21)38(3)4)30(42)40(32)27(31(39)43)15-20-6-5-7-22(33)14-20/h5-14,16,19,26-27,36H,15,17-18H2,1-4H3,(H,37,41). The quantitative estimate of drug-likeness (QED) is 0.360. The maximum atomic E-state index is 14.8. The summed E-state index contributed by atoms with van der Waals surface area (Å²) in [6, 6.07) is 14.7. The highest BCUT2D eigenvalue weighted by atomic mass is 35.5. The predicted molar refractivity (Wildman–Crippen MR) is 179 cm³/mol. The molecule has 244 valence electrons. The van der Waals surface area contributed by atoms with Crippen LogP contribution in [0.15, 0.2) is 71.6 Å². The van der Waals surface area contributed by atoms with E-state index in [4.69, 9.17) is 34.8 Å². The lowest BCUT2D eigenvalue weighted by Crippen LogP contribution is -2.83. The molecule has 14 heteroatoms. The topological polar surface area (TPSA) is 119 Å². The summed E-state index contributed by atoms with van der Waals surface area (Å²) >= 11 is 18.8. The van der Waals surface area contributed by atoms with E-state index < -0.39 is 50.7 Å². The number of hydrogen-bond acceptors (Lipinski definition) is 7. The molecule has 0 radical (unpaired) electrons. The Balaban J connectivity index is 1.61. The highest BCUT2D eigenvalue weighted by Crippen LogP contribution is 2.40. The summed E-state index contributed by atoms with van der Waals surface area (Å²) in [5, 5.41) is 6.36. The van der Waals surface area contributed by atoms with Crippen molar-refractivity contribution in [2.75, 3.05) is 32.1 Å². The third-order valence-electron chi connectivity index (χ3n) is 8.29. The number of benzene rings is 3. The van der Waals surface area contributed by atoms with Crippen molar-refractivity contribution in [3.05, 3.63) is 92.9 Å². The van der Waals surface area contributed by atoms with Crippen LogP contribution in [0, 0.1) is 0 Å². The van der Waals surface area contributed by atoms with Crippen LogP contribution in [0.3, 0.4) is 0 Å². The van der Waals surface area contributed by atoms with Crippen LogP contribution >= 0.6 is 34.8 Å². The van der Waals surface area contributed by atoms with Gasteiger partial charge in [-0.15, -0.1) is 0 Å². The van der Waals surface area contributed by atoms with Gasteiger partial charge in [-0.05, 0) is 74.0 Å². The van der Waals surface area contributed by atoms with E-state index in [0.29, 0.717) is 16.1 Å². The van der Waals surface area contributed by atoms with Crippen LogP contribution < -0.4 is 15.5 Å². The molecule has 2 fully saturated rings. The highest BCUT2D eigenvalue weighted by Gasteiger charge is 2.63. The molecule has 0 aliphatic carbocycles. The molecule has 0 saturated carbocycles. The Morgan fingerprint density at radius 3 is 2.28 bits per heavy atom. The fourth-order valence-electron chi connectivity index (χ4n) is 5.88. The lowest BCUT2D eigenvalue weighted by Gasteiger charge is -2.57. The third-order valence-corrected chi connectivity index (χ3v) is 11.5. The van der Waals surface area contributed by atoms with E-state index in [9.17, 15) is 22.8 Å². The van der Waals surface area contributed by atoms with E-state index >= 15 is 0 Å². The number of nitrogens with zero attached hydrogens (tertiary/aromatic N) is 3. The van der Waals surface area contributed by atoms with E-state index in [1.54, 1.807) is 62.4 Å². The summed E-state index contributed by atoms with van der Waals surface area (Å²) in [5.74, 6) is -1.70. The zero-order chi connectivity index (χ0) is 33.6. The monoisotopic (exact) mass is 705 g/mol. The molecule has 3 unspecified atom stereocenters. The number of nitrogens with one attached hydrogen (secondary N) is 2. The lowest BCUT2D eigenvalue weighted by atomic mass is 9.96. The van der Waals surface area contributed by atoms with Crippen LogP contribution in [-0.2, 0) is 25.8 Å². The van der Waals surface area contributed by atoms with Gasteiger partial charge in [-0.25, -0.2) is 8.42 Å². The average Bonchev–Trinajstić information content (AvgIpc) is 2.99.